The first kappa shape index (κ1) is 14.1. The molecule has 0 spiro atoms. The second-order valence-corrected chi connectivity index (χ2v) is 4.64. The predicted octanol–water partition coefficient (Wildman–Crippen LogP) is 2.52. The van der Waals surface area contributed by atoms with Crippen LogP contribution in [-0.4, -0.2) is 11.8 Å². The van der Waals surface area contributed by atoms with Gasteiger partial charge in [-0.05, 0) is 11.4 Å². The van der Waals surface area contributed by atoms with Gasteiger partial charge in [0.2, 0.25) is 0 Å². The Labute approximate surface area is 115 Å². The number of primary amides is 1. The number of benzene rings is 1. The van der Waals surface area contributed by atoms with Crippen molar-refractivity contribution in [1.29, 1.82) is 0 Å². The lowest BCUT2D eigenvalue weighted by atomic mass is 10.1. The minimum Gasteiger partial charge on any atom is -0.365 e. The number of amides is 2. The average molecular weight is 300 g/mol. The largest absolute Gasteiger partial charge is 0.365 e. The Kier molecular flexibility index (Phi) is 3.75. The van der Waals surface area contributed by atoms with E-state index < -0.39 is 34.8 Å². The number of hydrogen-bond donors (Lipinski definition) is 2. The van der Waals surface area contributed by atoms with Gasteiger partial charge in [-0.2, -0.15) is 0 Å². The van der Waals surface area contributed by atoms with Crippen LogP contribution in [0.15, 0.2) is 23.6 Å². The summed E-state index contributed by atoms with van der Waals surface area (Å²) >= 11 is 0.969. The van der Waals surface area contributed by atoms with E-state index in [1.165, 1.54) is 11.4 Å². The Balaban J connectivity index is 2.34. The third-order valence-corrected chi connectivity index (χ3v) is 3.30. The van der Waals surface area contributed by atoms with Gasteiger partial charge in [-0.1, -0.05) is 0 Å². The van der Waals surface area contributed by atoms with Crippen molar-refractivity contribution in [2.24, 2.45) is 5.73 Å². The molecule has 2 amide bonds. The van der Waals surface area contributed by atoms with E-state index in [9.17, 15) is 22.8 Å². The second-order valence-electron chi connectivity index (χ2n) is 3.73. The fourth-order valence-corrected chi connectivity index (χ4v) is 2.24. The van der Waals surface area contributed by atoms with Crippen molar-refractivity contribution in [3.05, 3.63) is 51.5 Å². The molecule has 0 bridgehead atoms. The zero-order chi connectivity index (χ0) is 14.9. The van der Waals surface area contributed by atoms with Gasteiger partial charge in [0.05, 0.1) is 5.69 Å². The highest BCUT2D eigenvalue weighted by Crippen LogP contribution is 2.23. The molecule has 20 heavy (non-hydrogen) atoms. The zero-order valence-corrected chi connectivity index (χ0v) is 10.6. The summed E-state index contributed by atoms with van der Waals surface area (Å²) in [5.74, 6) is -5.73. The van der Waals surface area contributed by atoms with Crippen LogP contribution in [-0.2, 0) is 0 Å². The monoisotopic (exact) mass is 300 g/mol. The molecule has 1 heterocycles. The van der Waals surface area contributed by atoms with Crippen LogP contribution in [0.3, 0.4) is 0 Å². The van der Waals surface area contributed by atoms with Gasteiger partial charge in [0, 0.05) is 12.1 Å². The first-order valence-corrected chi connectivity index (χ1v) is 6.11. The molecule has 104 valence electrons. The number of carbonyl (C=O) groups excluding carboxylic acids is 2. The van der Waals surface area contributed by atoms with Gasteiger partial charge >= 0.3 is 0 Å². The summed E-state index contributed by atoms with van der Waals surface area (Å²) in [6.07, 6.45) is 0. The maximum absolute atomic E-state index is 13.4. The van der Waals surface area contributed by atoms with Crippen LogP contribution in [0.1, 0.15) is 20.0 Å². The van der Waals surface area contributed by atoms with Gasteiger partial charge in [-0.3, -0.25) is 9.59 Å². The second kappa shape index (κ2) is 5.33. The molecule has 0 fully saturated rings. The summed E-state index contributed by atoms with van der Waals surface area (Å²) in [5, 5.41) is 3.64. The summed E-state index contributed by atoms with van der Waals surface area (Å²) in [5.41, 5.74) is 4.18. The fourth-order valence-electron chi connectivity index (χ4n) is 1.54. The van der Waals surface area contributed by atoms with E-state index in [0.717, 1.165) is 11.3 Å². The summed E-state index contributed by atoms with van der Waals surface area (Å²) in [6, 6.07) is 2.14. The van der Waals surface area contributed by atoms with E-state index in [1.54, 1.807) is 0 Å². The number of thiophene rings is 1. The molecule has 8 heteroatoms. The molecule has 2 rings (SSSR count). The maximum Gasteiger partial charge on any atom is 0.261 e. The van der Waals surface area contributed by atoms with Crippen LogP contribution < -0.4 is 11.1 Å². The van der Waals surface area contributed by atoms with Crippen molar-refractivity contribution in [2.45, 2.75) is 0 Å². The van der Waals surface area contributed by atoms with Gasteiger partial charge in [0.25, 0.3) is 11.8 Å². The number of carbonyl (C=O) groups is 2. The molecular formula is C12H7F3N2O2S. The molecule has 0 atom stereocenters. The molecule has 0 aliphatic rings. The van der Waals surface area contributed by atoms with Crippen LogP contribution in [0.2, 0.25) is 0 Å². The summed E-state index contributed by atoms with van der Waals surface area (Å²) in [6.45, 7) is 0. The molecule has 0 aliphatic heterocycles. The van der Waals surface area contributed by atoms with Crippen molar-refractivity contribution >= 4 is 28.8 Å². The Morgan fingerprint density at radius 1 is 1.15 bits per heavy atom. The molecular weight excluding hydrogens is 293 g/mol. The molecule has 0 aliphatic carbocycles. The first-order chi connectivity index (χ1) is 9.40. The highest BCUT2D eigenvalue weighted by Gasteiger charge is 2.21. The minimum absolute atomic E-state index is 0.0376. The Bertz CT molecular complexity index is 677. The predicted molar refractivity (Wildman–Crippen MR) is 67.1 cm³/mol. The highest BCUT2D eigenvalue weighted by molar-refractivity contribution is 7.12. The molecule has 0 radical (unpaired) electrons. The Morgan fingerprint density at radius 2 is 1.75 bits per heavy atom. The van der Waals surface area contributed by atoms with Gasteiger partial charge in [-0.25, -0.2) is 13.2 Å². The maximum atomic E-state index is 13.4. The van der Waals surface area contributed by atoms with Crippen molar-refractivity contribution in [3.8, 4) is 0 Å². The van der Waals surface area contributed by atoms with Gasteiger partial charge in [0.1, 0.15) is 27.9 Å². The van der Waals surface area contributed by atoms with Gasteiger partial charge in [-0.15, -0.1) is 11.3 Å². The minimum atomic E-state index is -1.34. The van der Waals surface area contributed by atoms with Crippen molar-refractivity contribution < 1.29 is 22.8 Å². The van der Waals surface area contributed by atoms with E-state index in [4.69, 9.17) is 5.73 Å². The summed E-state index contributed by atoms with van der Waals surface area (Å²) in [4.78, 5) is 22.9. The van der Waals surface area contributed by atoms with Crippen molar-refractivity contribution in [1.82, 2.24) is 0 Å². The third-order valence-electron chi connectivity index (χ3n) is 2.37. The van der Waals surface area contributed by atoms with Gasteiger partial charge in [0.15, 0.2) is 0 Å². The van der Waals surface area contributed by atoms with E-state index >= 15 is 0 Å². The standard InChI is InChI=1S/C12H7F3N2O2S/c13-5-3-6(14)9(7(15)4-5)12(19)17-8-1-2-20-10(8)11(16)18/h1-4H,(H2,16,18)(H,17,19). The smallest absolute Gasteiger partial charge is 0.261 e. The summed E-state index contributed by atoms with van der Waals surface area (Å²) in [7, 11) is 0. The van der Waals surface area contributed by atoms with Crippen LogP contribution in [0.25, 0.3) is 0 Å². The SMILES string of the molecule is NC(=O)c1sccc1NC(=O)c1c(F)cc(F)cc1F. The lowest BCUT2D eigenvalue weighted by Crippen LogP contribution is -2.19. The van der Waals surface area contributed by atoms with Gasteiger partial charge < -0.3 is 11.1 Å². The first-order valence-electron chi connectivity index (χ1n) is 5.23. The topological polar surface area (TPSA) is 72.2 Å². The van der Waals surface area contributed by atoms with E-state index in [1.807, 2.05) is 0 Å². The Hall–Kier alpha value is -2.35. The molecule has 0 saturated carbocycles. The zero-order valence-electron chi connectivity index (χ0n) is 9.75. The lowest BCUT2D eigenvalue weighted by Gasteiger charge is -2.07. The number of nitrogens with two attached hydrogens (primary N) is 1. The number of nitrogens with one attached hydrogen (secondary N) is 1. The van der Waals surface area contributed by atoms with Crippen LogP contribution in [0.4, 0.5) is 18.9 Å². The molecule has 2 aromatic rings. The molecule has 0 unspecified atom stereocenters. The quantitative estimate of drug-likeness (QED) is 0.914. The van der Waals surface area contributed by atoms with E-state index in [-0.39, 0.29) is 10.6 Å². The number of anilines is 1. The van der Waals surface area contributed by atoms with Crippen LogP contribution in [0, 0.1) is 17.5 Å². The fraction of sp³-hybridized carbons (Fsp3) is 0. The Morgan fingerprint density at radius 3 is 2.30 bits per heavy atom. The molecule has 3 N–H and O–H groups in total. The van der Waals surface area contributed by atoms with Crippen molar-refractivity contribution in [2.75, 3.05) is 5.32 Å². The van der Waals surface area contributed by atoms with Crippen LogP contribution in [0.5, 0.6) is 0 Å². The molecule has 1 aromatic carbocycles. The van der Waals surface area contributed by atoms with Crippen LogP contribution >= 0.6 is 11.3 Å². The summed E-state index contributed by atoms with van der Waals surface area (Å²) < 4.78 is 39.6. The average Bonchev–Trinajstić information content (AvgIpc) is 2.75. The lowest BCUT2D eigenvalue weighted by molar-refractivity contribution is 0.100. The van der Waals surface area contributed by atoms with Crippen molar-refractivity contribution in [3.63, 3.8) is 0 Å². The molecule has 1 aromatic heterocycles. The van der Waals surface area contributed by atoms with E-state index in [0.29, 0.717) is 12.1 Å². The van der Waals surface area contributed by atoms with E-state index in [2.05, 4.69) is 5.32 Å². The normalized spacial score (nSPS) is 10.3. The molecule has 4 nitrogen and oxygen atoms in total. The number of hydrogen-bond acceptors (Lipinski definition) is 3. The number of halogens is 3. The number of rotatable bonds is 3. The molecule has 0 saturated heterocycles. The third kappa shape index (κ3) is 2.64. The highest BCUT2D eigenvalue weighted by atomic mass is 32.1.